The quantitative estimate of drug-likeness (QED) is 0.924. The van der Waals surface area contributed by atoms with Crippen LogP contribution in [-0.4, -0.2) is 11.0 Å². The van der Waals surface area contributed by atoms with Gasteiger partial charge in [0.15, 0.2) is 12.2 Å². The molecule has 0 radical (unpaired) electrons. The molecular formula is C13H12Cl2N2O. The van der Waals surface area contributed by atoms with E-state index in [0.717, 1.165) is 11.3 Å². The van der Waals surface area contributed by atoms with Crippen LogP contribution >= 0.6 is 23.2 Å². The lowest BCUT2D eigenvalue weighted by molar-refractivity contribution is 0.569. The predicted molar refractivity (Wildman–Crippen MR) is 71.8 cm³/mol. The fraction of sp³-hybridized carbons (Fsp3) is 0.308. The first kappa shape index (κ1) is 12.0. The summed E-state index contributed by atoms with van der Waals surface area (Å²) in [5.74, 6) is 0.713. The van der Waals surface area contributed by atoms with Crippen molar-refractivity contribution in [3.05, 3.63) is 40.3 Å². The van der Waals surface area contributed by atoms with Crippen molar-refractivity contribution in [3.63, 3.8) is 0 Å². The molecule has 1 aromatic heterocycles. The third kappa shape index (κ3) is 2.53. The van der Waals surface area contributed by atoms with Crippen LogP contribution in [0.1, 0.15) is 18.5 Å². The monoisotopic (exact) mass is 282 g/mol. The number of hydrogen-bond donors (Lipinski definition) is 1. The van der Waals surface area contributed by atoms with Gasteiger partial charge in [-0.2, -0.15) is 0 Å². The Kier molecular flexibility index (Phi) is 3.29. The van der Waals surface area contributed by atoms with Gasteiger partial charge in [0.2, 0.25) is 0 Å². The Bertz CT molecular complexity index is 564. The van der Waals surface area contributed by atoms with E-state index in [1.807, 2.05) is 6.07 Å². The third-order valence-corrected chi connectivity index (χ3v) is 3.50. The highest BCUT2D eigenvalue weighted by Crippen LogP contribution is 2.32. The van der Waals surface area contributed by atoms with Crippen LogP contribution in [0, 0.1) is 0 Å². The topological polar surface area (TPSA) is 38.1 Å². The molecule has 2 aromatic rings. The molecule has 0 aliphatic heterocycles. The molecule has 18 heavy (non-hydrogen) atoms. The van der Waals surface area contributed by atoms with Crippen molar-refractivity contribution in [1.82, 2.24) is 10.3 Å². The highest BCUT2D eigenvalue weighted by atomic mass is 35.5. The SMILES string of the molecule is Clc1ccc(-c2ocnc2CNC2CC2)c(Cl)c1. The number of oxazole rings is 1. The minimum atomic E-state index is 0.576. The average Bonchev–Trinajstić information content (AvgIpc) is 3.06. The normalized spacial score (nSPS) is 15.0. The van der Waals surface area contributed by atoms with Gasteiger partial charge in [-0.15, -0.1) is 0 Å². The largest absolute Gasteiger partial charge is 0.443 e. The van der Waals surface area contributed by atoms with Crippen molar-refractivity contribution in [1.29, 1.82) is 0 Å². The van der Waals surface area contributed by atoms with E-state index in [1.54, 1.807) is 12.1 Å². The molecular weight excluding hydrogens is 271 g/mol. The number of nitrogens with one attached hydrogen (secondary N) is 1. The number of hydrogen-bond acceptors (Lipinski definition) is 3. The van der Waals surface area contributed by atoms with Gasteiger partial charge in [-0.05, 0) is 31.0 Å². The molecule has 0 spiro atoms. The molecule has 0 amide bonds. The van der Waals surface area contributed by atoms with Crippen molar-refractivity contribution >= 4 is 23.2 Å². The molecule has 1 saturated carbocycles. The molecule has 94 valence electrons. The van der Waals surface area contributed by atoms with E-state index in [0.29, 0.717) is 28.4 Å². The second-order valence-electron chi connectivity index (χ2n) is 4.41. The van der Waals surface area contributed by atoms with Crippen molar-refractivity contribution < 1.29 is 4.42 Å². The summed E-state index contributed by atoms with van der Waals surface area (Å²) in [6, 6.07) is 5.99. The summed E-state index contributed by atoms with van der Waals surface area (Å²) in [6.07, 6.45) is 3.94. The third-order valence-electron chi connectivity index (χ3n) is 2.95. The fourth-order valence-electron chi connectivity index (χ4n) is 1.82. The summed E-state index contributed by atoms with van der Waals surface area (Å²) in [6.45, 7) is 0.704. The van der Waals surface area contributed by atoms with Gasteiger partial charge in [-0.1, -0.05) is 23.2 Å². The standard InChI is InChI=1S/C13H12Cl2N2O/c14-8-1-4-10(11(15)5-8)13-12(17-7-18-13)6-16-9-2-3-9/h1,4-5,7,9,16H,2-3,6H2. The molecule has 0 unspecified atom stereocenters. The number of benzene rings is 1. The average molecular weight is 283 g/mol. The van der Waals surface area contributed by atoms with Crippen LogP contribution in [0.2, 0.25) is 10.0 Å². The minimum Gasteiger partial charge on any atom is -0.443 e. The van der Waals surface area contributed by atoms with Gasteiger partial charge in [0.25, 0.3) is 0 Å². The van der Waals surface area contributed by atoms with Gasteiger partial charge in [-0.3, -0.25) is 0 Å². The molecule has 5 heteroatoms. The Labute approximate surface area is 115 Å². The summed E-state index contributed by atoms with van der Waals surface area (Å²) >= 11 is 12.1. The van der Waals surface area contributed by atoms with Crippen molar-refractivity contribution in [2.75, 3.05) is 0 Å². The smallest absolute Gasteiger partial charge is 0.181 e. The molecule has 1 heterocycles. The Morgan fingerprint density at radius 1 is 1.33 bits per heavy atom. The summed E-state index contributed by atoms with van der Waals surface area (Å²) in [4.78, 5) is 4.24. The summed E-state index contributed by atoms with van der Waals surface area (Å²) in [5, 5.41) is 4.60. The lowest BCUT2D eigenvalue weighted by Crippen LogP contribution is -2.16. The first-order chi connectivity index (χ1) is 8.74. The van der Waals surface area contributed by atoms with Gasteiger partial charge in [0.1, 0.15) is 5.69 Å². The van der Waals surface area contributed by atoms with E-state index < -0.39 is 0 Å². The van der Waals surface area contributed by atoms with Crippen molar-refractivity contribution in [2.45, 2.75) is 25.4 Å². The van der Waals surface area contributed by atoms with Crippen LogP contribution < -0.4 is 5.32 Å². The summed E-state index contributed by atoms with van der Waals surface area (Å²) in [5.41, 5.74) is 1.71. The van der Waals surface area contributed by atoms with Crippen LogP contribution in [0.3, 0.4) is 0 Å². The van der Waals surface area contributed by atoms with Crippen LogP contribution in [-0.2, 0) is 6.54 Å². The number of halogens is 2. The van der Waals surface area contributed by atoms with Crippen LogP contribution in [0.25, 0.3) is 11.3 Å². The maximum atomic E-state index is 6.18. The zero-order valence-electron chi connectivity index (χ0n) is 9.62. The first-order valence-electron chi connectivity index (χ1n) is 5.85. The second-order valence-corrected chi connectivity index (χ2v) is 5.25. The zero-order valence-corrected chi connectivity index (χ0v) is 11.1. The zero-order chi connectivity index (χ0) is 12.5. The summed E-state index contributed by atoms with van der Waals surface area (Å²) in [7, 11) is 0. The molecule has 0 saturated heterocycles. The highest BCUT2D eigenvalue weighted by molar-refractivity contribution is 6.36. The van der Waals surface area contributed by atoms with E-state index >= 15 is 0 Å². The first-order valence-corrected chi connectivity index (χ1v) is 6.61. The maximum Gasteiger partial charge on any atom is 0.181 e. The molecule has 1 aromatic carbocycles. The minimum absolute atomic E-state index is 0.576. The molecule has 1 N–H and O–H groups in total. The molecule has 0 atom stereocenters. The Balaban J connectivity index is 1.88. The van der Waals surface area contributed by atoms with E-state index in [-0.39, 0.29) is 0 Å². The molecule has 0 bridgehead atoms. The van der Waals surface area contributed by atoms with Crippen LogP contribution in [0.5, 0.6) is 0 Å². The van der Waals surface area contributed by atoms with Gasteiger partial charge < -0.3 is 9.73 Å². The van der Waals surface area contributed by atoms with Crippen LogP contribution in [0.4, 0.5) is 0 Å². The molecule has 1 fully saturated rings. The number of nitrogens with zero attached hydrogens (tertiary/aromatic N) is 1. The van der Waals surface area contributed by atoms with E-state index in [1.165, 1.54) is 19.2 Å². The summed E-state index contributed by atoms with van der Waals surface area (Å²) < 4.78 is 5.45. The van der Waals surface area contributed by atoms with Crippen molar-refractivity contribution in [2.24, 2.45) is 0 Å². The molecule has 3 rings (SSSR count). The second kappa shape index (κ2) is 4.92. The maximum absolute atomic E-state index is 6.18. The van der Waals surface area contributed by atoms with Gasteiger partial charge in [0, 0.05) is 23.2 Å². The molecule has 3 nitrogen and oxygen atoms in total. The highest BCUT2D eigenvalue weighted by Gasteiger charge is 2.22. The van der Waals surface area contributed by atoms with Crippen LogP contribution in [0.15, 0.2) is 29.0 Å². The Morgan fingerprint density at radius 3 is 2.89 bits per heavy atom. The lowest BCUT2D eigenvalue weighted by atomic mass is 10.1. The molecule has 1 aliphatic carbocycles. The Hall–Kier alpha value is -1.03. The van der Waals surface area contributed by atoms with Gasteiger partial charge in [0.05, 0.1) is 5.02 Å². The van der Waals surface area contributed by atoms with E-state index in [2.05, 4.69) is 10.3 Å². The fourth-order valence-corrected chi connectivity index (χ4v) is 2.31. The van der Waals surface area contributed by atoms with Crippen molar-refractivity contribution in [3.8, 4) is 11.3 Å². The van der Waals surface area contributed by atoms with E-state index in [4.69, 9.17) is 27.6 Å². The predicted octanol–water partition coefficient (Wildman–Crippen LogP) is 3.90. The lowest BCUT2D eigenvalue weighted by Gasteiger charge is -2.05. The Morgan fingerprint density at radius 2 is 2.17 bits per heavy atom. The van der Waals surface area contributed by atoms with E-state index in [9.17, 15) is 0 Å². The van der Waals surface area contributed by atoms with Gasteiger partial charge >= 0.3 is 0 Å². The molecule has 1 aliphatic rings. The number of rotatable bonds is 4. The number of aromatic nitrogens is 1. The van der Waals surface area contributed by atoms with Gasteiger partial charge in [-0.25, -0.2) is 4.98 Å².